The van der Waals surface area contributed by atoms with Gasteiger partial charge in [-0.2, -0.15) is 0 Å². The molecule has 5 heteroatoms. The van der Waals surface area contributed by atoms with Crippen molar-refractivity contribution in [3.05, 3.63) is 54.6 Å². The van der Waals surface area contributed by atoms with Gasteiger partial charge in [-0.25, -0.2) is 0 Å². The van der Waals surface area contributed by atoms with Gasteiger partial charge in [0.05, 0.1) is 5.92 Å². The number of nitrogens with zero attached hydrogens (tertiary/aromatic N) is 1. The molecule has 0 aliphatic carbocycles. The van der Waals surface area contributed by atoms with Crippen LogP contribution in [0.1, 0.15) is 19.8 Å². The van der Waals surface area contributed by atoms with Gasteiger partial charge in [0.15, 0.2) is 6.61 Å². The van der Waals surface area contributed by atoms with E-state index in [0.717, 1.165) is 11.1 Å². The maximum atomic E-state index is 12.6. The topological polar surface area (TPSA) is 66.8 Å². The van der Waals surface area contributed by atoms with E-state index in [1.54, 1.807) is 11.8 Å². The SMILES string of the molecule is C[C@@H]1[C@H](C(=O)O)CCCN1C(=O)COc1ccccc1-c1ccccc1. The number of carboxylic acid groups (broad SMARTS) is 1. The molecule has 2 aromatic rings. The number of ether oxygens (including phenoxy) is 1. The number of hydrogen-bond acceptors (Lipinski definition) is 3. The first-order valence-corrected chi connectivity index (χ1v) is 8.87. The lowest BCUT2D eigenvalue weighted by Gasteiger charge is -2.37. The van der Waals surface area contributed by atoms with E-state index in [-0.39, 0.29) is 18.6 Å². The highest BCUT2D eigenvalue weighted by atomic mass is 16.5. The van der Waals surface area contributed by atoms with E-state index < -0.39 is 11.9 Å². The van der Waals surface area contributed by atoms with Crippen molar-refractivity contribution in [3.8, 4) is 16.9 Å². The molecule has 2 atom stereocenters. The molecule has 0 unspecified atom stereocenters. The van der Waals surface area contributed by atoms with Crippen molar-refractivity contribution in [3.63, 3.8) is 0 Å². The molecule has 1 N–H and O–H groups in total. The van der Waals surface area contributed by atoms with Gasteiger partial charge in [-0.15, -0.1) is 0 Å². The number of carbonyl (C=O) groups excluding carboxylic acids is 1. The second kappa shape index (κ2) is 8.04. The van der Waals surface area contributed by atoms with Crippen LogP contribution in [-0.2, 0) is 9.59 Å². The number of carboxylic acids is 1. The highest BCUT2D eigenvalue weighted by Gasteiger charge is 2.35. The number of benzene rings is 2. The van der Waals surface area contributed by atoms with Crippen LogP contribution < -0.4 is 4.74 Å². The molecule has 26 heavy (non-hydrogen) atoms. The van der Waals surface area contributed by atoms with Gasteiger partial charge in [-0.05, 0) is 31.4 Å². The fraction of sp³-hybridized carbons (Fsp3) is 0.333. The molecule has 1 fully saturated rings. The molecule has 2 aromatic carbocycles. The van der Waals surface area contributed by atoms with Gasteiger partial charge in [-0.3, -0.25) is 9.59 Å². The molecule has 5 nitrogen and oxygen atoms in total. The number of carbonyl (C=O) groups is 2. The summed E-state index contributed by atoms with van der Waals surface area (Å²) in [7, 11) is 0. The van der Waals surface area contributed by atoms with Crippen LogP contribution in [-0.4, -0.2) is 41.1 Å². The summed E-state index contributed by atoms with van der Waals surface area (Å²) >= 11 is 0. The zero-order valence-corrected chi connectivity index (χ0v) is 14.8. The van der Waals surface area contributed by atoms with Gasteiger partial charge < -0.3 is 14.7 Å². The Hall–Kier alpha value is -2.82. The van der Waals surface area contributed by atoms with E-state index in [1.165, 1.54) is 0 Å². The van der Waals surface area contributed by atoms with Crippen molar-refractivity contribution in [2.75, 3.05) is 13.2 Å². The summed E-state index contributed by atoms with van der Waals surface area (Å²) in [4.78, 5) is 25.6. The molecule has 0 saturated carbocycles. The Morgan fingerprint density at radius 2 is 1.81 bits per heavy atom. The number of piperidine rings is 1. The number of rotatable bonds is 5. The smallest absolute Gasteiger partial charge is 0.308 e. The zero-order chi connectivity index (χ0) is 18.5. The summed E-state index contributed by atoms with van der Waals surface area (Å²) in [6.45, 7) is 2.28. The van der Waals surface area contributed by atoms with Crippen molar-refractivity contribution in [1.82, 2.24) is 4.90 Å². The fourth-order valence-corrected chi connectivity index (χ4v) is 3.50. The van der Waals surface area contributed by atoms with E-state index in [9.17, 15) is 14.7 Å². The summed E-state index contributed by atoms with van der Waals surface area (Å²) in [6.07, 6.45) is 1.31. The Morgan fingerprint density at radius 3 is 2.54 bits per heavy atom. The Balaban J connectivity index is 1.70. The Bertz CT molecular complexity index is 775. The molecule has 1 amide bonds. The van der Waals surface area contributed by atoms with Gasteiger partial charge in [0.2, 0.25) is 0 Å². The Morgan fingerprint density at radius 1 is 1.12 bits per heavy atom. The van der Waals surface area contributed by atoms with Crippen molar-refractivity contribution >= 4 is 11.9 Å². The number of aliphatic carboxylic acids is 1. The standard InChI is InChI=1S/C21H23NO4/c1-15-17(21(24)25)11-7-13-22(15)20(23)14-26-19-12-6-5-10-18(19)16-8-3-2-4-9-16/h2-6,8-10,12,15,17H,7,11,13-14H2,1H3,(H,24,25)/t15-,17-/m1/s1. The molecule has 136 valence electrons. The van der Waals surface area contributed by atoms with Gasteiger partial charge in [0, 0.05) is 18.2 Å². The molecule has 1 saturated heterocycles. The number of likely N-dealkylation sites (tertiary alicyclic amines) is 1. The van der Waals surface area contributed by atoms with Gasteiger partial charge in [-0.1, -0.05) is 48.5 Å². The molecule has 0 spiro atoms. The van der Waals surface area contributed by atoms with Crippen molar-refractivity contribution in [2.45, 2.75) is 25.8 Å². The second-order valence-electron chi connectivity index (χ2n) is 6.57. The minimum Gasteiger partial charge on any atom is -0.483 e. The first kappa shape index (κ1) is 18.0. The number of amides is 1. The average molecular weight is 353 g/mol. The highest BCUT2D eigenvalue weighted by Crippen LogP contribution is 2.30. The largest absolute Gasteiger partial charge is 0.483 e. The van der Waals surface area contributed by atoms with Crippen LogP contribution in [0.4, 0.5) is 0 Å². The maximum absolute atomic E-state index is 12.6. The van der Waals surface area contributed by atoms with E-state index in [4.69, 9.17) is 4.74 Å². The van der Waals surface area contributed by atoms with E-state index in [2.05, 4.69) is 0 Å². The van der Waals surface area contributed by atoms with Crippen molar-refractivity contribution < 1.29 is 19.4 Å². The van der Waals surface area contributed by atoms with Crippen LogP contribution in [0.25, 0.3) is 11.1 Å². The van der Waals surface area contributed by atoms with Crippen LogP contribution in [0.3, 0.4) is 0 Å². The predicted octanol–water partition coefficient (Wildman–Crippen LogP) is 3.44. The maximum Gasteiger partial charge on any atom is 0.308 e. The third-order valence-corrected chi connectivity index (χ3v) is 4.95. The quantitative estimate of drug-likeness (QED) is 0.894. The van der Waals surface area contributed by atoms with Gasteiger partial charge in [0.1, 0.15) is 5.75 Å². The minimum absolute atomic E-state index is 0.0967. The van der Waals surface area contributed by atoms with Gasteiger partial charge >= 0.3 is 5.97 Å². The molecular weight excluding hydrogens is 330 g/mol. The van der Waals surface area contributed by atoms with Crippen molar-refractivity contribution in [1.29, 1.82) is 0 Å². The van der Waals surface area contributed by atoms with Crippen LogP contribution in [0.2, 0.25) is 0 Å². The third kappa shape index (κ3) is 3.87. The number of para-hydroxylation sites is 1. The fourth-order valence-electron chi connectivity index (χ4n) is 3.50. The summed E-state index contributed by atoms with van der Waals surface area (Å²) < 4.78 is 5.81. The molecule has 0 bridgehead atoms. The van der Waals surface area contributed by atoms with Gasteiger partial charge in [0.25, 0.3) is 5.91 Å². The van der Waals surface area contributed by atoms with Crippen LogP contribution in [0, 0.1) is 5.92 Å². The summed E-state index contributed by atoms with van der Waals surface area (Å²) in [6, 6.07) is 17.1. The van der Waals surface area contributed by atoms with Crippen LogP contribution in [0.15, 0.2) is 54.6 Å². The highest BCUT2D eigenvalue weighted by molar-refractivity contribution is 5.80. The average Bonchev–Trinajstić information content (AvgIpc) is 2.67. The second-order valence-corrected chi connectivity index (χ2v) is 6.57. The lowest BCUT2D eigenvalue weighted by atomic mass is 9.90. The third-order valence-electron chi connectivity index (χ3n) is 4.95. The number of hydrogen-bond donors (Lipinski definition) is 1. The monoisotopic (exact) mass is 353 g/mol. The molecule has 1 aliphatic rings. The minimum atomic E-state index is -0.842. The van der Waals surface area contributed by atoms with E-state index >= 15 is 0 Å². The molecule has 1 aliphatic heterocycles. The van der Waals surface area contributed by atoms with Crippen molar-refractivity contribution in [2.24, 2.45) is 5.92 Å². The molecule has 1 heterocycles. The normalized spacial score (nSPS) is 19.8. The van der Waals surface area contributed by atoms with E-state index in [1.807, 2.05) is 54.6 Å². The Labute approximate surface area is 153 Å². The Kier molecular flexibility index (Phi) is 5.56. The summed E-state index contributed by atoms with van der Waals surface area (Å²) in [5.41, 5.74) is 1.95. The molecule has 3 rings (SSSR count). The summed E-state index contributed by atoms with van der Waals surface area (Å²) in [5.74, 6) is -0.882. The molecular formula is C21H23NO4. The zero-order valence-electron chi connectivity index (χ0n) is 14.8. The summed E-state index contributed by atoms with van der Waals surface area (Å²) in [5, 5.41) is 9.31. The lowest BCUT2D eigenvalue weighted by molar-refractivity contribution is -0.149. The first-order valence-electron chi connectivity index (χ1n) is 8.87. The lowest BCUT2D eigenvalue weighted by Crippen LogP contribution is -2.50. The van der Waals surface area contributed by atoms with Crippen LogP contribution >= 0.6 is 0 Å². The van der Waals surface area contributed by atoms with E-state index in [0.29, 0.717) is 25.1 Å². The van der Waals surface area contributed by atoms with Crippen LogP contribution in [0.5, 0.6) is 5.75 Å². The molecule has 0 radical (unpaired) electrons. The predicted molar refractivity (Wildman–Crippen MR) is 98.9 cm³/mol. The molecule has 0 aromatic heterocycles. The first-order chi connectivity index (χ1) is 12.6.